The highest BCUT2D eigenvalue weighted by atomic mass is 32.2. The normalized spacial score (nSPS) is 20.6. The van der Waals surface area contributed by atoms with Crippen LogP contribution in [0.15, 0.2) is 29.2 Å². The van der Waals surface area contributed by atoms with Crippen molar-refractivity contribution in [2.75, 3.05) is 13.1 Å². The van der Waals surface area contributed by atoms with E-state index in [2.05, 4.69) is 10.0 Å². The fourth-order valence-electron chi connectivity index (χ4n) is 1.86. The third-order valence-electron chi connectivity index (χ3n) is 2.79. The van der Waals surface area contributed by atoms with Gasteiger partial charge in [0.1, 0.15) is 5.82 Å². The number of sulfonamides is 1. The summed E-state index contributed by atoms with van der Waals surface area (Å²) in [6.07, 6.45) is 2.03. The molecular weight excluding hydrogens is 243 g/mol. The number of hydrogen-bond donors (Lipinski definition) is 2. The van der Waals surface area contributed by atoms with E-state index in [-0.39, 0.29) is 10.9 Å². The molecule has 94 valence electrons. The third kappa shape index (κ3) is 3.24. The van der Waals surface area contributed by atoms with Crippen LogP contribution in [0, 0.1) is 5.82 Å². The van der Waals surface area contributed by atoms with Gasteiger partial charge >= 0.3 is 0 Å². The molecule has 1 aliphatic heterocycles. The Morgan fingerprint density at radius 2 is 2.29 bits per heavy atom. The molecule has 2 rings (SSSR count). The second kappa shape index (κ2) is 5.12. The maximum absolute atomic E-state index is 12.9. The van der Waals surface area contributed by atoms with Gasteiger partial charge in [0, 0.05) is 12.6 Å². The highest BCUT2D eigenvalue weighted by Gasteiger charge is 2.19. The maximum atomic E-state index is 12.9. The average molecular weight is 258 g/mol. The molecule has 0 saturated carbocycles. The Labute approximate surface area is 100 Å². The van der Waals surface area contributed by atoms with Crippen molar-refractivity contribution in [3.8, 4) is 0 Å². The summed E-state index contributed by atoms with van der Waals surface area (Å²) in [6.45, 7) is 1.27. The monoisotopic (exact) mass is 258 g/mol. The van der Waals surface area contributed by atoms with E-state index in [1.807, 2.05) is 0 Å². The van der Waals surface area contributed by atoms with Crippen molar-refractivity contribution in [2.45, 2.75) is 23.8 Å². The van der Waals surface area contributed by atoms with Crippen LogP contribution in [0.2, 0.25) is 0 Å². The van der Waals surface area contributed by atoms with E-state index in [1.165, 1.54) is 18.2 Å². The molecule has 17 heavy (non-hydrogen) atoms. The zero-order valence-electron chi connectivity index (χ0n) is 9.32. The Kier molecular flexibility index (Phi) is 3.76. The predicted molar refractivity (Wildman–Crippen MR) is 62.6 cm³/mol. The van der Waals surface area contributed by atoms with Crippen molar-refractivity contribution >= 4 is 10.0 Å². The van der Waals surface area contributed by atoms with Gasteiger partial charge in [-0.05, 0) is 37.6 Å². The van der Waals surface area contributed by atoms with Crippen molar-refractivity contribution < 1.29 is 12.8 Å². The van der Waals surface area contributed by atoms with Crippen molar-refractivity contribution in [3.05, 3.63) is 30.1 Å². The summed E-state index contributed by atoms with van der Waals surface area (Å²) in [5, 5.41) is 3.19. The van der Waals surface area contributed by atoms with Crippen LogP contribution in [0.4, 0.5) is 4.39 Å². The van der Waals surface area contributed by atoms with Crippen LogP contribution >= 0.6 is 0 Å². The van der Waals surface area contributed by atoms with Gasteiger partial charge in [-0.25, -0.2) is 17.5 Å². The van der Waals surface area contributed by atoms with Crippen LogP contribution in [-0.4, -0.2) is 27.5 Å². The molecule has 0 aliphatic carbocycles. The molecule has 1 aliphatic rings. The highest BCUT2D eigenvalue weighted by molar-refractivity contribution is 7.89. The summed E-state index contributed by atoms with van der Waals surface area (Å²) in [7, 11) is -3.60. The van der Waals surface area contributed by atoms with Crippen LogP contribution in [0.1, 0.15) is 12.8 Å². The lowest BCUT2D eigenvalue weighted by Gasteiger charge is -2.11. The molecule has 0 amide bonds. The molecule has 0 aromatic heterocycles. The first-order chi connectivity index (χ1) is 8.08. The first-order valence-corrected chi connectivity index (χ1v) is 7.05. The van der Waals surface area contributed by atoms with E-state index in [4.69, 9.17) is 0 Å². The summed E-state index contributed by atoms with van der Waals surface area (Å²) < 4.78 is 39.1. The van der Waals surface area contributed by atoms with Gasteiger partial charge in [0.05, 0.1) is 4.90 Å². The fraction of sp³-hybridized carbons (Fsp3) is 0.455. The number of benzene rings is 1. The van der Waals surface area contributed by atoms with Gasteiger partial charge in [-0.1, -0.05) is 6.07 Å². The van der Waals surface area contributed by atoms with Gasteiger partial charge in [0.2, 0.25) is 10.0 Å². The Morgan fingerprint density at radius 1 is 1.47 bits per heavy atom. The lowest BCUT2D eigenvalue weighted by atomic mass is 10.2. The van der Waals surface area contributed by atoms with E-state index in [1.54, 1.807) is 0 Å². The molecule has 4 nitrogen and oxygen atoms in total. The largest absolute Gasteiger partial charge is 0.313 e. The molecule has 0 radical (unpaired) electrons. The van der Waals surface area contributed by atoms with E-state index in [0.29, 0.717) is 6.54 Å². The maximum Gasteiger partial charge on any atom is 0.240 e. The zero-order valence-corrected chi connectivity index (χ0v) is 10.1. The predicted octanol–water partition coefficient (Wildman–Crippen LogP) is 0.856. The molecule has 1 heterocycles. The minimum Gasteiger partial charge on any atom is -0.313 e. The van der Waals surface area contributed by atoms with E-state index < -0.39 is 15.8 Å². The van der Waals surface area contributed by atoms with Gasteiger partial charge < -0.3 is 5.32 Å². The van der Waals surface area contributed by atoms with Crippen molar-refractivity contribution in [1.29, 1.82) is 0 Å². The quantitative estimate of drug-likeness (QED) is 0.842. The molecule has 0 unspecified atom stereocenters. The Hall–Kier alpha value is -0.980. The van der Waals surface area contributed by atoms with E-state index >= 15 is 0 Å². The molecule has 6 heteroatoms. The second-order valence-electron chi connectivity index (χ2n) is 4.10. The van der Waals surface area contributed by atoms with Crippen molar-refractivity contribution in [3.63, 3.8) is 0 Å². The number of rotatable bonds is 4. The first-order valence-electron chi connectivity index (χ1n) is 5.56. The Balaban J connectivity index is 2.03. The van der Waals surface area contributed by atoms with Gasteiger partial charge in [-0.3, -0.25) is 0 Å². The molecule has 1 fully saturated rings. The molecular formula is C11H15FN2O2S. The van der Waals surface area contributed by atoms with Crippen LogP contribution < -0.4 is 10.0 Å². The van der Waals surface area contributed by atoms with Crippen LogP contribution in [0.3, 0.4) is 0 Å². The number of hydrogen-bond acceptors (Lipinski definition) is 3. The Morgan fingerprint density at radius 3 is 2.94 bits per heavy atom. The van der Waals surface area contributed by atoms with Crippen molar-refractivity contribution in [2.24, 2.45) is 0 Å². The summed E-state index contributed by atoms with van der Waals surface area (Å²) in [5.41, 5.74) is 0. The van der Waals surface area contributed by atoms with E-state index in [9.17, 15) is 12.8 Å². The first kappa shape index (κ1) is 12.5. The number of nitrogens with one attached hydrogen (secondary N) is 2. The lowest BCUT2D eigenvalue weighted by molar-refractivity contribution is 0.550. The molecule has 2 N–H and O–H groups in total. The van der Waals surface area contributed by atoms with Gasteiger partial charge in [-0.2, -0.15) is 0 Å². The molecule has 0 bridgehead atoms. The average Bonchev–Trinajstić information content (AvgIpc) is 2.79. The van der Waals surface area contributed by atoms with Crippen LogP contribution in [0.5, 0.6) is 0 Å². The molecule has 1 saturated heterocycles. The van der Waals surface area contributed by atoms with Crippen molar-refractivity contribution in [1.82, 2.24) is 10.0 Å². The summed E-state index contributed by atoms with van der Waals surface area (Å²) in [5.74, 6) is -0.549. The summed E-state index contributed by atoms with van der Waals surface area (Å²) in [6, 6.07) is 5.19. The topological polar surface area (TPSA) is 58.2 Å². The van der Waals surface area contributed by atoms with Gasteiger partial charge in [-0.15, -0.1) is 0 Å². The minimum atomic E-state index is -3.60. The van der Waals surface area contributed by atoms with E-state index in [0.717, 1.165) is 25.5 Å². The third-order valence-corrected chi connectivity index (χ3v) is 4.21. The summed E-state index contributed by atoms with van der Waals surface area (Å²) >= 11 is 0. The standard InChI is InChI=1S/C11H15FN2O2S/c12-9-3-1-5-11(7-9)17(15,16)14-8-10-4-2-6-13-10/h1,3,5,7,10,13-14H,2,4,6,8H2/t10-/m1/s1. The number of halogens is 1. The second-order valence-corrected chi connectivity index (χ2v) is 5.87. The smallest absolute Gasteiger partial charge is 0.240 e. The molecule has 1 aromatic carbocycles. The van der Waals surface area contributed by atoms with Gasteiger partial charge in [0.15, 0.2) is 0 Å². The fourth-order valence-corrected chi connectivity index (χ4v) is 2.97. The molecule has 1 atom stereocenters. The van der Waals surface area contributed by atoms with Gasteiger partial charge in [0.25, 0.3) is 0 Å². The SMILES string of the molecule is O=S(=O)(NC[C@H]1CCCN1)c1cccc(F)c1. The molecule has 1 aromatic rings. The Bertz CT molecular complexity index is 484. The lowest BCUT2D eigenvalue weighted by Crippen LogP contribution is -2.37. The minimum absolute atomic E-state index is 0.0319. The zero-order chi connectivity index (χ0) is 12.3. The van der Waals surface area contributed by atoms with Crippen LogP contribution in [0.25, 0.3) is 0 Å². The molecule has 0 spiro atoms. The highest BCUT2D eigenvalue weighted by Crippen LogP contribution is 2.11. The van der Waals surface area contributed by atoms with Crippen LogP contribution in [-0.2, 0) is 10.0 Å². The summed E-state index contributed by atoms with van der Waals surface area (Å²) in [4.78, 5) is -0.0319.